The number of aryl methyl sites for hydroxylation is 1. The van der Waals surface area contributed by atoms with Crippen LogP contribution in [0.4, 0.5) is 0 Å². The number of benzene rings is 2. The van der Waals surface area contributed by atoms with Gasteiger partial charge in [-0.25, -0.2) is 4.98 Å². The van der Waals surface area contributed by atoms with Crippen molar-refractivity contribution >= 4 is 11.8 Å². The van der Waals surface area contributed by atoms with Crippen molar-refractivity contribution in [3.05, 3.63) is 72.4 Å². The van der Waals surface area contributed by atoms with Gasteiger partial charge in [0.25, 0.3) is 0 Å². The van der Waals surface area contributed by atoms with Gasteiger partial charge in [-0.05, 0) is 6.42 Å². The second kappa shape index (κ2) is 9.43. The summed E-state index contributed by atoms with van der Waals surface area (Å²) in [4.78, 5) is 9.22. The maximum Gasteiger partial charge on any atom is 0.237 e. The van der Waals surface area contributed by atoms with Crippen molar-refractivity contribution in [3.63, 3.8) is 0 Å². The average Bonchev–Trinajstić information content (AvgIpc) is 3.25. The van der Waals surface area contributed by atoms with Gasteiger partial charge in [-0.2, -0.15) is 4.98 Å². The second-order valence-electron chi connectivity index (χ2n) is 6.52. The molecule has 0 aliphatic carbocycles. The predicted octanol–water partition coefficient (Wildman–Crippen LogP) is 5.22. The first kappa shape index (κ1) is 19.3. The number of thioether (sulfide) groups is 1. The smallest absolute Gasteiger partial charge is 0.237 e. The van der Waals surface area contributed by atoms with Crippen molar-refractivity contribution in [2.24, 2.45) is 0 Å². The minimum absolute atomic E-state index is 0.514. The number of hydrogen-bond acceptors (Lipinski definition) is 7. The van der Waals surface area contributed by atoms with Gasteiger partial charge in [0.05, 0.1) is 5.75 Å². The molecular formula is C22H21N5OS. The first-order valence-corrected chi connectivity index (χ1v) is 10.6. The van der Waals surface area contributed by atoms with Gasteiger partial charge in [-0.15, -0.1) is 10.2 Å². The molecule has 4 aromatic rings. The number of hydrogen-bond donors (Lipinski definition) is 0. The fourth-order valence-corrected chi connectivity index (χ4v) is 3.50. The fourth-order valence-electron chi connectivity index (χ4n) is 2.87. The minimum atomic E-state index is 0.514. The van der Waals surface area contributed by atoms with Crippen molar-refractivity contribution in [2.45, 2.75) is 37.1 Å². The average molecular weight is 404 g/mol. The molecule has 0 amide bonds. The molecule has 6 nitrogen and oxygen atoms in total. The summed E-state index contributed by atoms with van der Waals surface area (Å²) in [7, 11) is 0. The molecule has 0 radical (unpaired) electrons. The van der Waals surface area contributed by atoms with Gasteiger partial charge >= 0.3 is 0 Å². The molecule has 0 N–H and O–H groups in total. The Morgan fingerprint density at radius 3 is 2.21 bits per heavy atom. The van der Waals surface area contributed by atoms with Gasteiger partial charge in [-0.3, -0.25) is 0 Å². The third-order valence-corrected chi connectivity index (χ3v) is 5.17. The van der Waals surface area contributed by atoms with Crippen LogP contribution < -0.4 is 0 Å². The Kier molecular flexibility index (Phi) is 6.26. The summed E-state index contributed by atoms with van der Waals surface area (Å²) < 4.78 is 5.33. The molecule has 146 valence electrons. The van der Waals surface area contributed by atoms with Crippen LogP contribution in [-0.2, 0) is 12.2 Å². The molecule has 0 spiro atoms. The summed E-state index contributed by atoms with van der Waals surface area (Å²) >= 11 is 1.44. The molecule has 0 saturated carbocycles. The molecule has 2 heterocycles. The van der Waals surface area contributed by atoms with Crippen molar-refractivity contribution in [1.29, 1.82) is 0 Å². The molecule has 0 aliphatic rings. The number of nitrogens with zero attached hydrogens (tertiary/aromatic N) is 5. The lowest BCUT2D eigenvalue weighted by Crippen LogP contribution is -1.99. The summed E-state index contributed by atoms with van der Waals surface area (Å²) in [6.07, 6.45) is 3.00. The van der Waals surface area contributed by atoms with Crippen molar-refractivity contribution in [3.8, 4) is 22.5 Å². The van der Waals surface area contributed by atoms with E-state index in [1.54, 1.807) is 0 Å². The normalized spacial score (nSPS) is 10.9. The lowest BCUT2D eigenvalue weighted by atomic mass is 10.0. The summed E-state index contributed by atoms with van der Waals surface area (Å²) in [6.45, 7) is 2.14. The Balaban J connectivity index is 1.58. The highest BCUT2D eigenvalue weighted by atomic mass is 32.2. The molecule has 0 fully saturated rings. The van der Waals surface area contributed by atoms with E-state index in [4.69, 9.17) is 9.51 Å². The van der Waals surface area contributed by atoms with E-state index in [9.17, 15) is 0 Å². The highest BCUT2D eigenvalue weighted by Crippen LogP contribution is 2.30. The molecule has 0 saturated heterocycles. The van der Waals surface area contributed by atoms with Gasteiger partial charge in [0.1, 0.15) is 11.4 Å². The fraction of sp³-hybridized carbons (Fsp3) is 0.227. The third-order valence-electron chi connectivity index (χ3n) is 4.35. The number of rotatable bonds is 8. The summed E-state index contributed by atoms with van der Waals surface area (Å²) in [5.41, 5.74) is 3.56. The molecule has 0 unspecified atom stereocenters. The molecule has 2 aromatic heterocycles. The molecule has 0 bridgehead atoms. The van der Waals surface area contributed by atoms with Gasteiger partial charge in [0, 0.05) is 17.5 Å². The van der Waals surface area contributed by atoms with Crippen LogP contribution in [0.15, 0.2) is 70.3 Å². The van der Waals surface area contributed by atoms with E-state index in [0.29, 0.717) is 16.8 Å². The van der Waals surface area contributed by atoms with Crippen molar-refractivity contribution in [2.75, 3.05) is 0 Å². The summed E-state index contributed by atoms with van der Waals surface area (Å²) in [5, 5.41) is 13.4. The topological polar surface area (TPSA) is 77.6 Å². The largest absolute Gasteiger partial charge is 0.338 e. The Morgan fingerprint density at radius 1 is 0.828 bits per heavy atom. The van der Waals surface area contributed by atoms with Crippen LogP contribution in [0.5, 0.6) is 0 Å². The SMILES string of the molecule is CCCCc1noc(CSc2nnc(-c3ccccc3)c(-c3ccccc3)n2)n1. The van der Waals surface area contributed by atoms with E-state index in [1.807, 2.05) is 60.7 Å². The van der Waals surface area contributed by atoms with Crippen LogP contribution >= 0.6 is 11.8 Å². The van der Waals surface area contributed by atoms with Crippen LogP contribution in [0, 0.1) is 0 Å². The zero-order valence-corrected chi connectivity index (χ0v) is 17.0. The van der Waals surface area contributed by atoms with E-state index in [0.717, 1.165) is 47.6 Å². The lowest BCUT2D eigenvalue weighted by Gasteiger charge is -2.09. The minimum Gasteiger partial charge on any atom is -0.338 e. The Labute approximate surface area is 173 Å². The Bertz CT molecular complexity index is 1050. The Hall–Kier alpha value is -3.06. The molecular weight excluding hydrogens is 382 g/mol. The zero-order chi connectivity index (χ0) is 19.9. The molecule has 7 heteroatoms. The zero-order valence-electron chi connectivity index (χ0n) is 16.2. The monoisotopic (exact) mass is 403 g/mol. The van der Waals surface area contributed by atoms with Crippen LogP contribution in [0.1, 0.15) is 31.5 Å². The Morgan fingerprint density at radius 2 is 1.52 bits per heavy atom. The maximum absolute atomic E-state index is 5.33. The molecule has 4 rings (SSSR count). The number of aromatic nitrogens is 5. The summed E-state index contributed by atoms with van der Waals surface area (Å²) in [5.74, 6) is 1.85. The molecule has 0 aliphatic heterocycles. The van der Waals surface area contributed by atoms with Crippen LogP contribution in [-0.4, -0.2) is 25.3 Å². The van der Waals surface area contributed by atoms with E-state index in [-0.39, 0.29) is 0 Å². The summed E-state index contributed by atoms with van der Waals surface area (Å²) in [6, 6.07) is 20.0. The lowest BCUT2D eigenvalue weighted by molar-refractivity contribution is 0.384. The molecule has 0 atom stereocenters. The number of unbranched alkanes of at least 4 members (excludes halogenated alkanes) is 1. The first-order valence-electron chi connectivity index (χ1n) is 9.63. The van der Waals surface area contributed by atoms with Gasteiger partial charge in [0.2, 0.25) is 11.0 Å². The molecule has 29 heavy (non-hydrogen) atoms. The highest BCUT2D eigenvalue weighted by Gasteiger charge is 2.15. The van der Waals surface area contributed by atoms with Gasteiger partial charge in [-0.1, -0.05) is 90.9 Å². The van der Waals surface area contributed by atoms with Crippen molar-refractivity contribution in [1.82, 2.24) is 25.3 Å². The van der Waals surface area contributed by atoms with E-state index in [1.165, 1.54) is 11.8 Å². The van der Waals surface area contributed by atoms with E-state index >= 15 is 0 Å². The molecule has 2 aromatic carbocycles. The predicted molar refractivity (Wildman–Crippen MR) is 113 cm³/mol. The maximum atomic E-state index is 5.33. The van der Waals surface area contributed by atoms with E-state index < -0.39 is 0 Å². The first-order chi connectivity index (χ1) is 14.3. The van der Waals surface area contributed by atoms with Crippen LogP contribution in [0.3, 0.4) is 0 Å². The standard InChI is InChI=1S/C22H21N5OS/c1-2-3-14-18-23-19(28-27-18)15-29-22-24-20(16-10-6-4-7-11-16)21(25-26-22)17-12-8-5-9-13-17/h4-13H,2-3,14-15H2,1H3. The quantitative estimate of drug-likeness (QED) is 0.373. The third kappa shape index (κ3) is 4.86. The van der Waals surface area contributed by atoms with Crippen molar-refractivity contribution < 1.29 is 4.52 Å². The van der Waals surface area contributed by atoms with Gasteiger partial charge < -0.3 is 4.52 Å². The van der Waals surface area contributed by atoms with Crippen LogP contribution in [0.25, 0.3) is 22.5 Å². The van der Waals surface area contributed by atoms with Gasteiger partial charge in [0.15, 0.2) is 5.82 Å². The van der Waals surface area contributed by atoms with Crippen LogP contribution in [0.2, 0.25) is 0 Å². The van der Waals surface area contributed by atoms with E-state index in [2.05, 4.69) is 27.3 Å². The highest BCUT2D eigenvalue weighted by molar-refractivity contribution is 7.98. The second-order valence-corrected chi connectivity index (χ2v) is 7.46.